The molecule has 1 heterocycles. The fourth-order valence-corrected chi connectivity index (χ4v) is 2.55. The summed E-state index contributed by atoms with van der Waals surface area (Å²) in [7, 11) is 0. The average Bonchev–Trinajstić information content (AvgIpc) is 3.14. The molecule has 28 heavy (non-hydrogen) atoms. The van der Waals surface area contributed by atoms with Crippen molar-refractivity contribution in [2.45, 2.75) is 19.8 Å². The van der Waals surface area contributed by atoms with Crippen molar-refractivity contribution in [1.29, 1.82) is 0 Å². The third-order valence-electron chi connectivity index (χ3n) is 3.78. The first-order chi connectivity index (χ1) is 13.5. The molecule has 1 N–H and O–H groups in total. The minimum Gasteiger partial charge on any atom is -0.456 e. The zero-order chi connectivity index (χ0) is 19.9. The summed E-state index contributed by atoms with van der Waals surface area (Å²) in [6.07, 6.45) is 0.249. The largest absolute Gasteiger partial charge is 0.456 e. The second kappa shape index (κ2) is 9.14. The molecule has 7 nitrogen and oxygen atoms in total. The Kier molecular flexibility index (Phi) is 6.39. The number of amides is 1. The van der Waals surface area contributed by atoms with Gasteiger partial charge in [-0.15, -0.1) is 0 Å². The Morgan fingerprint density at radius 3 is 2.71 bits per heavy atom. The summed E-state index contributed by atoms with van der Waals surface area (Å²) in [6.45, 7) is 1.57. The smallest absolute Gasteiger partial charge is 0.306 e. The number of nitrogens with one attached hydrogen (secondary N) is 1. The Morgan fingerprint density at radius 1 is 1.18 bits per heavy atom. The predicted molar refractivity (Wildman–Crippen MR) is 104 cm³/mol. The van der Waals surface area contributed by atoms with Gasteiger partial charge in [0, 0.05) is 22.7 Å². The van der Waals surface area contributed by atoms with Gasteiger partial charge in [0.05, 0.1) is 6.42 Å². The van der Waals surface area contributed by atoms with Gasteiger partial charge in [-0.25, -0.2) is 0 Å². The van der Waals surface area contributed by atoms with Crippen LogP contribution in [0.2, 0.25) is 5.02 Å². The van der Waals surface area contributed by atoms with E-state index < -0.39 is 11.9 Å². The third kappa shape index (κ3) is 5.65. The molecule has 0 aliphatic carbocycles. The first-order valence-electron chi connectivity index (χ1n) is 8.60. The van der Waals surface area contributed by atoms with Crippen LogP contribution < -0.4 is 5.32 Å². The number of aryl methyl sites for hydroxylation is 2. The monoisotopic (exact) mass is 399 g/mol. The number of rotatable bonds is 7. The number of benzene rings is 2. The molecule has 3 rings (SSSR count). The molecule has 0 spiro atoms. The van der Waals surface area contributed by atoms with Crippen LogP contribution in [0.15, 0.2) is 53.1 Å². The topological polar surface area (TPSA) is 94.3 Å². The predicted octanol–water partition coefficient (Wildman–Crippen LogP) is 3.81. The number of halogens is 1. The Morgan fingerprint density at radius 2 is 1.96 bits per heavy atom. The van der Waals surface area contributed by atoms with E-state index in [-0.39, 0.29) is 19.4 Å². The van der Waals surface area contributed by atoms with Gasteiger partial charge in [-0.2, -0.15) is 4.98 Å². The number of aromatic nitrogens is 2. The molecule has 0 saturated carbocycles. The van der Waals surface area contributed by atoms with Crippen LogP contribution >= 0.6 is 11.6 Å². The normalized spacial score (nSPS) is 10.5. The highest BCUT2D eigenvalue weighted by molar-refractivity contribution is 6.30. The lowest BCUT2D eigenvalue weighted by atomic mass is 10.2. The standard InChI is InChI=1S/C20H18ClN3O4/c1-13-3-2-4-16(11-13)22-17(25)12-27-19(26)10-9-18-23-20(24-28-18)14-5-7-15(21)8-6-14/h2-8,11H,9-10,12H2,1H3,(H,22,25). The van der Waals surface area contributed by atoms with Crippen LogP contribution in [0.5, 0.6) is 0 Å². The van der Waals surface area contributed by atoms with Gasteiger partial charge < -0.3 is 14.6 Å². The van der Waals surface area contributed by atoms with Crippen molar-refractivity contribution in [2.24, 2.45) is 0 Å². The molecule has 0 radical (unpaired) electrons. The Labute approximate surface area is 166 Å². The average molecular weight is 400 g/mol. The lowest BCUT2D eigenvalue weighted by Crippen LogP contribution is -2.21. The van der Waals surface area contributed by atoms with Crippen LogP contribution in [0.25, 0.3) is 11.4 Å². The maximum absolute atomic E-state index is 11.8. The molecule has 144 valence electrons. The van der Waals surface area contributed by atoms with E-state index in [0.717, 1.165) is 11.1 Å². The molecule has 8 heteroatoms. The molecule has 3 aromatic rings. The van der Waals surface area contributed by atoms with Gasteiger partial charge in [0.2, 0.25) is 11.7 Å². The van der Waals surface area contributed by atoms with Gasteiger partial charge in [0.25, 0.3) is 5.91 Å². The molecule has 0 aliphatic rings. The van der Waals surface area contributed by atoms with Gasteiger partial charge >= 0.3 is 5.97 Å². The van der Waals surface area contributed by atoms with E-state index in [1.807, 2.05) is 25.1 Å². The van der Waals surface area contributed by atoms with E-state index in [4.69, 9.17) is 20.9 Å². The van der Waals surface area contributed by atoms with E-state index in [1.54, 1.807) is 30.3 Å². The Hall–Kier alpha value is -3.19. The highest BCUT2D eigenvalue weighted by Crippen LogP contribution is 2.19. The van der Waals surface area contributed by atoms with Crippen LogP contribution in [0.4, 0.5) is 5.69 Å². The van der Waals surface area contributed by atoms with Crippen molar-refractivity contribution >= 4 is 29.2 Å². The van der Waals surface area contributed by atoms with E-state index in [9.17, 15) is 9.59 Å². The quantitative estimate of drug-likeness (QED) is 0.607. The van der Waals surface area contributed by atoms with Gasteiger partial charge in [0.15, 0.2) is 6.61 Å². The molecular weight excluding hydrogens is 382 g/mol. The number of carbonyl (C=O) groups excluding carboxylic acids is 2. The number of hydrogen-bond acceptors (Lipinski definition) is 6. The van der Waals surface area contributed by atoms with Crippen molar-refractivity contribution in [3.63, 3.8) is 0 Å². The number of anilines is 1. The van der Waals surface area contributed by atoms with Crippen molar-refractivity contribution in [1.82, 2.24) is 10.1 Å². The van der Waals surface area contributed by atoms with Gasteiger partial charge in [-0.3, -0.25) is 9.59 Å². The molecule has 1 aromatic heterocycles. The molecule has 0 saturated heterocycles. The molecular formula is C20H18ClN3O4. The summed E-state index contributed by atoms with van der Waals surface area (Å²) in [6, 6.07) is 14.4. The summed E-state index contributed by atoms with van der Waals surface area (Å²) in [5.74, 6) is -0.198. The zero-order valence-electron chi connectivity index (χ0n) is 15.1. The highest BCUT2D eigenvalue weighted by atomic mass is 35.5. The zero-order valence-corrected chi connectivity index (χ0v) is 15.9. The lowest BCUT2D eigenvalue weighted by Gasteiger charge is -2.06. The summed E-state index contributed by atoms with van der Waals surface area (Å²) in [5, 5.41) is 7.16. The van der Waals surface area contributed by atoms with Crippen molar-refractivity contribution in [3.05, 3.63) is 65.0 Å². The lowest BCUT2D eigenvalue weighted by molar-refractivity contribution is -0.147. The molecule has 0 unspecified atom stereocenters. The number of hydrogen-bond donors (Lipinski definition) is 1. The fourth-order valence-electron chi connectivity index (χ4n) is 2.42. The molecule has 0 aliphatic heterocycles. The maximum Gasteiger partial charge on any atom is 0.306 e. The van der Waals surface area contributed by atoms with Crippen LogP contribution in [-0.2, 0) is 20.7 Å². The first kappa shape index (κ1) is 19.6. The van der Waals surface area contributed by atoms with Crippen LogP contribution in [-0.4, -0.2) is 28.6 Å². The van der Waals surface area contributed by atoms with Crippen LogP contribution in [0, 0.1) is 6.92 Å². The molecule has 2 aromatic carbocycles. The minimum absolute atomic E-state index is 0.0278. The SMILES string of the molecule is Cc1cccc(NC(=O)COC(=O)CCc2nc(-c3ccc(Cl)cc3)no2)c1. The maximum atomic E-state index is 11.8. The summed E-state index contributed by atoms with van der Waals surface area (Å²) < 4.78 is 10.1. The molecule has 0 atom stereocenters. The summed E-state index contributed by atoms with van der Waals surface area (Å²) >= 11 is 5.85. The van der Waals surface area contributed by atoms with Crippen molar-refractivity contribution in [2.75, 3.05) is 11.9 Å². The van der Waals surface area contributed by atoms with E-state index >= 15 is 0 Å². The number of nitrogens with zero attached hydrogens (tertiary/aromatic N) is 2. The van der Waals surface area contributed by atoms with Crippen LogP contribution in [0.1, 0.15) is 17.9 Å². The van der Waals surface area contributed by atoms with E-state index in [2.05, 4.69) is 15.5 Å². The van der Waals surface area contributed by atoms with Gasteiger partial charge in [0.1, 0.15) is 0 Å². The number of carbonyl (C=O) groups is 2. The fraction of sp³-hybridized carbons (Fsp3) is 0.200. The van der Waals surface area contributed by atoms with Gasteiger partial charge in [-0.1, -0.05) is 28.9 Å². The number of ether oxygens (including phenoxy) is 1. The van der Waals surface area contributed by atoms with Crippen LogP contribution in [0.3, 0.4) is 0 Å². The molecule has 0 fully saturated rings. The van der Waals surface area contributed by atoms with Gasteiger partial charge in [-0.05, 0) is 48.9 Å². The van der Waals surface area contributed by atoms with Crippen molar-refractivity contribution < 1.29 is 18.8 Å². The van der Waals surface area contributed by atoms with E-state index in [1.165, 1.54) is 0 Å². The Balaban J connectivity index is 1.43. The third-order valence-corrected chi connectivity index (χ3v) is 4.03. The number of esters is 1. The molecule has 0 bridgehead atoms. The molecule has 1 amide bonds. The minimum atomic E-state index is -0.523. The van der Waals surface area contributed by atoms with E-state index in [0.29, 0.717) is 22.4 Å². The Bertz CT molecular complexity index is 970. The van der Waals surface area contributed by atoms with Crippen molar-refractivity contribution in [3.8, 4) is 11.4 Å². The summed E-state index contributed by atoms with van der Waals surface area (Å²) in [4.78, 5) is 27.9. The summed E-state index contributed by atoms with van der Waals surface area (Å²) in [5.41, 5.74) is 2.43. The first-order valence-corrected chi connectivity index (χ1v) is 8.98. The highest BCUT2D eigenvalue weighted by Gasteiger charge is 2.13. The second-order valence-electron chi connectivity index (χ2n) is 6.10. The second-order valence-corrected chi connectivity index (χ2v) is 6.53.